The van der Waals surface area contributed by atoms with E-state index in [0.29, 0.717) is 0 Å². The van der Waals surface area contributed by atoms with Crippen LogP contribution in [0.2, 0.25) is 0 Å². The summed E-state index contributed by atoms with van der Waals surface area (Å²) < 4.78 is 9.67. The number of ether oxygens (including phenoxy) is 2. The van der Waals surface area contributed by atoms with Crippen LogP contribution in [0.15, 0.2) is 0 Å². The smallest absolute Gasteiger partial charge is 0.161 e. The third-order valence-corrected chi connectivity index (χ3v) is 0.853. The fourth-order valence-electron chi connectivity index (χ4n) is 0.506. The Bertz CT molecular complexity index is 48.0. The molecule has 0 aromatic rings. The number of hydrogen-bond donors (Lipinski definition) is 0. The maximum absolute atomic E-state index is 5.19. The van der Waals surface area contributed by atoms with Gasteiger partial charge in [0.25, 0.3) is 0 Å². The first-order valence-electron chi connectivity index (χ1n) is 2.38. The van der Waals surface area contributed by atoms with E-state index in [1.54, 1.807) is 0 Å². The average molecular weight is 100 g/mol. The molecule has 2 nitrogen and oxygen atoms in total. The predicted octanol–water partition coefficient (Wildman–Crippen LogP) is 0.460. The lowest BCUT2D eigenvalue weighted by Gasteiger charge is -2.18. The minimum Gasteiger partial charge on any atom is -0.352 e. The first kappa shape index (κ1) is 5.06. The summed E-state index contributed by atoms with van der Waals surface area (Å²) in [7, 11) is 0. The molecule has 1 aliphatic heterocycles. The molecule has 40 valence electrons. The standard InChI is InChI=1S/C5H8O2/c1-5-6-3-2-4-7-5/h1,5H,2-4H2. The molecule has 0 aromatic heterocycles. The first-order valence-corrected chi connectivity index (χ1v) is 2.38. The highest BCUT2D eigenvalue weighted by molar-refractivity contribution is 4.50. The van der Waals surface area contributed by atoms with Gasteiger partial charge in [0.2, 0.25) is 0 Å². The van der Waals surface area contributed by atoms with Crippen LogP contribution in [0.4, 0.5) is 0 Å². The normalized spacial score (nSPS) is 25.3. The van der Waals surface area contributed by atoms with Crippen molar-refractivity contribution in [2.75, 3.05) is 13.2 Å². The molecule has 1 aliphatic rings. The van der Waals surface area contributed by atoms with Crippen LogP contribution in [0.5, 0.6) is 0 Å². The second-order valence-corrected chi connectivity index (χ2v) is 1.46. The highest BCUT2D eigenvalue weighted by atomic mass is 16.7. The summed E-state index contributed by atoms with van der Waals surface area (Å²) in [5.74, 6) is 0. The highest BCUT2D eigenvalue weighted by Crippen LogP contribution is 2.01. The molecule has 7 heavy (non-hydrogen) atoms. The molecule has 0 spiro atoms. The SMILES string of the molecule is [CH]C1OCCCO1. The molecule has 1 saturated heterocycles. The summed E-state index contributed by atoms with van der Waals surface area (Å²) in [6, 6.07) is 0. The lowest BCUT2D eigenvalue weighted by Crippen LogP contribution is -2.21. The van der Waals surface area contributed by atoms with Crippen molar-refractivity contribution in [1.82, 2.24) is 0 Å². The number of hydrogen-bond acceptors (Lipinski definition) is 2. The van der Waals surface area contributed by atoms with Crippen molar-refractivity contribution in [3.63, 3.8) is 0 Å². The van der Waals surface area contributed by atoms with Gasteiger partial charge in [-0.1, -0.05) is 0 Å². The van der Waals surface area contributed by atoms with Gasteiger partial charge in [-0.25, -0.2) is 0 Å². The van der Waals surface area contributed by atoms with Crippen LogP contribution in [-0.4, -0.2) is 19.5 Å². The van der Waals surface area contributed by atoms with Crippen LogP contribution in [0.3, 0.4) is 0 Å². The van der Waals surface area contributed by atoms with Crippen LogP contribution < -0.4 is 0 Å². The average Bonchev–Trinajstić information content (AvgIpc) is 1.69. The number of rotatable bonds is 0. The van der Waals surface area contributed by atoms with E-state index in [9.17, 15) is 0 Å². The Hall–Kier alpha value is -0.0800. The monoisotopic (exact) mass is 100 g/mol. The van der Waals surface area contributed by atoms with Crippen LogP contribution in [0.1, 0.15) is 6.42 Å². The van der Waals surface area contributed by atoms with E-state index in [4.69, 9.17) is 16.4 Å². The van der Waals surface area contributed by atoms with E-state index in [0.717, 1.165) is 19.6 Å². The summed E-state index contributed by atoms with van der Waals surface area (Å²) in [4.78, 5) is 0. The topological polar surface area (TPSA) is 18.5 Å². The van der Waals surface area contributed by atoms with Gasteiger partial charge in [-0.05, 0) is 6.42 Å². The van der Waals surface area contributed by atoms with E-state index < -0.39 is 6.29 Å². The van der Waals surface area contributed by atoms with Crippen molar-refractivity contribution in [2.45, 2.75) is 12.7 Å². The molecule has 0 aliphatic carbocycles. The summed E-state index contributed by atoms with van der Waals surface area (Å²) in [5.41, 5.74) is 0. The van der Waals surface area contributed by atoms with Crippen molar-refractivity contribution < 1.29 is 9.47 Å². The van der Waals surface area contributed by atoms with E-state index in [-0.39, 0.29) is 0 Å². The van der Waals surface area contributed by atoms with Gasteiger partial charge in [0.1, 0.15) is 0 Å². The fourth-order valence-corrected chi connectivity index (χ4v) is 0.506. The molecule has 1 fully saturated rings. The van der Waals surface area contributed by atoms with Crippen LogP contribution in [0, 0.1) is 6.92 Å². The molecule has 0 unspecified atom stereocenters. The van der Waals surface area contributed by atoms with Crippen molar-refractivity contribution in [3.8, 4) is 0 Å². The molecule has 0 atom stereocenters. The van der Waals surface area contributed by atoms with Crippen molar-refractivity contribution >= 4 is 0 Å². The summed E-state index contributed by atoms with van der Waals surface area (Å²) in [6.07, 6.45) is 0.502. The largest absolute Gasteiger partial charge is 0.352 e. The van der Waals surface area contributed by atoms with Gasteiger partial charge in [-0.15, -0.1) is 0 Å². The Kier molecular flexibility index (Phi) is 1.65. The van der Waals surface area contributed by atoms with Crippen LogP contribution in [0.25, 0.3) is 0 Å². The molecule has 0 saturated carbocycles. The Labute approximate surface area is 43.4 Å². The molecular weight excluding hydrogens is 92.1 g/mol. The Morgan fingerprint density at radius 2 is 1.86 bits per heavy atom. The van der Waals surface area contributed by atoms with Crippen LogP contribution >= 0.6 is 0 Å². The van der Waals surface area contributed by atoms with Gasteiger partial charge in [-0.3, -0.25) is 0 Å². The molecule has 0 amide bonds. The quantitative estimate of drug-likeness (QED) is 0.440. The minimum absolute atomic E-state index is 0.464. The van der Waals surface area contributed by atoms with Gasteiger partial charge in [0.15, 0.2) is 6.29 Å². The zero-order chi connectivity index (χ0) is 5.11. The van der Waals surface area contributed by atoms with Gasteiger partial charge < -0.3 is 9.47 Å². The van der Waals surface area contributed by atoms with Crippen LogP contribution in [-0.2, 0) is 9.47 Å². The van der Waals surface area contributed by atoms with Gasteiger partial charge in [-0.2, -0.15) is 0 Å². The Balaban J connectivity index is 2.12. The predicted molar refractivity (Wildman–Crippen MR) is 24.6 cm³/mol. The molecular formula is C5H8O2. The second kappa shape index (κ2) is 2.28. The van der Waals surface area contributed by atoms with Gasteiger partial charge in [0, 0.05) is 6.92 Å². The molecule has 0 bridgehead atoms. The Morgan fingerprint density at radius 1 is 1.29 bits per heavy atom. The zero-order valence-electron chi connectivity index (χ0n) is 4.09. The molecule has 2 radical (unpaired) electrons. The maximum atomic E-state index is 5.19. The third kappa shape index (κ3) is 1.45. The zero-order valence-corrected chi connectivity index (χ0v) is 4.09. The summed E-state index contributed by atoms with van der Waals surface area (Å²) in [6.45, 7) is 6.66. The lowest BCUT2D eigenvalue weighted by atomic mass is 10.4. The molecule has 0 N–H and O–H groups in total. The Morgan fingerprint density at radius 3 is 2.14 bits per heavy atom. The first-order chi connectivity index (χ1) is 3.39. The molecule has 1 rings (SSSR count). The minimum atomic E-state index is -0.464. The van der Waals surface area contributed by atoms with Gasteiger partial charge >= 0.3 is 0 Å². The second-order valence-electron chi connectivity index (χ2n) is 1.46. The van der Waals surface area contributed by atoms with Crippen molar-refractivity contribution in [2.24, 2.45) is 0 Å². The third-order valence-electron chi connectivity index (χ3n) is 0.853. The van der Waals surface area contributed by atoms with Crippen molar-refractivity contribution in [1.29, 1.82) is 0 Å². The molecule has 2 heteroatoms. The highest BCUT2D eigenvalue weighted by Gasteiger charge is 2.06. The fraction of sp³-hybridized carbons (Fsp3) is 0.800. The van der Waals surface area contributed by atoms with E-state index in [1.807, 2.05) is 0 Å². The van der Waals surface area contributed by atoms with E-state index in [2.05, 4.69) is 0 Å². The van der Waals surface area contributed by atoms with E-state index >= 15 is 0 Å². The van der Waals surface area contributed by atoms with E-state index in [1.165, 1.54) is 0 Å². The molecule has 1 heterocycles. The summed E-state index contributed by atoms with van der Waals surface area (Å²) >= 11 is 0. The lowest BCUT2D eigenvalue weighted by molar-refractivity contribution is -0.151. The molecule has 0 aromatic carbocycles. The summed E-state index contributed by atoms with van der Waals surface area (Å²) in [5, 5.41) is 0. The maximum Gasteiger partial charge on any atom is 0.161 e. The van der Waals surface area contributed by atoms with Crippen molar-refractivity contribution in [3.05, 3.63) is 6.92 Å². The van der Waals surface area contributed by atoms with Gasteiger partial charge in [0.05, 0.1) is 13.2 Å².